The van der Waals surface area contributed by atoms with Crippen LogP contribution >= 0.6 is 0 Å². The fraction of sp³-hybridized carbons (Fsp3) is 0.909. The van der Waals surface area contributed by atoms with Crippen LogP contribution < -0.4 is 5.32 Å². The summed E-state index contributed by atoms with van der Waals surface area (Å²) in [5.41, 5.74) is 0. The first-order chi connectivity index (χ1) is 7.82. The molecule has 1 atom stereocenters. The summed E-state index contributed by atoms with van der Waals surface area (Å²) in [4.78, 5) is 12.6. The van der Waals surface area contributed by atoms with Gasteiger partial charge in [-0.15, -0.1) is 0 Å². The summed E-state index contributed by atoms with van der Waals surface area (Å²) in [6.45, 7) is 0. The fourth-order valence-electron chi connectivity index (χ4n) is 2.33. The molecule has 0 aromatic carbocycles. The first-order valence-corrected chi connectivity index (χ1v) is 5.86. The van der Waals surface area contributed by atoms with Crippen LogP contribution in [0.2, 0.25) is 0 Å². The average Bonchev–Trinajstić information content (AvgIpc) is 2.25. The van der Waals surface area contributed by atoms with Gasteiger partial charge in [0, 0.05) is 0 Å². The topological polar surface area (TPSA) is 32.3 Å². The van der Waals surface area contributed by atoms with Crippen molar-refractivity contribution in [2.24, 2.45) is 5.92 Å². The molecule has 3 nitrogen and oxygen atoms in total. The van der Waals surface area contributed by atoms with E-state index in [0.717, 1.165) is 32.1 Å². The maximum Gasteiger partial charge on any atom is 0.471 e. The Morgan fingerprint density at radius 3 is 2.18 bits per heavy atom. The minimum Gasteiger partial charge on any atom is -0.332 e. The Kier molecular flexibility index (Phi) is 4.80. The highest BCUT2D eigenvalue weighted by Crippen LogP contribution is 2.28. The monoisotopic (exact) mass is 252 g/mol. The van der Waals surface area contributed by atoms with Gasteiger partial charge in [0.25, 0.3) is 0 Å². The van der Waals surface area contributed by atoms with Gasteiger partial charge in [-0.2, -0.15) is 13.2 Å². The zero-order valence-electron chi connectivity index (χ0n) is 10.2. The molecule has 0 spiro atoms. The highest BCUT2D eigenvalue weighted by Gasteiger charge is 2.41. The van der Waals surface area contributed by atoms with Crippen LogP contribution in [0.1, 0.15) is 32.1 Å². The van der Waals surface area contributed by atoms with Crippen LogP contribution in [0.3, 0.4) is 0 Å². The standard InChI is InChI=1S/C11H19F3N2O/c1-16(2)9(8-6-4-3-5-7-8)15-10(17)11(12,13)14/h8-9H,3-7H2,1-2H3,(H,15,17). The lowest BCUT2D eigenvalue weighted by Crippen LogP contribution is -2.53. The minimum absolute atomic E-state index is 0.116. The van der Waals surface area contributed by atoms with Gasteiger partial charge in [-0.05, 0) is 32.9 Å². The molecular weight excluding hydrogens is 233 g/mol. The molecule has 6 heteroatoms. The van der Waals surface area contributed by atoms with Crippen LogP contribution in [0, 0.1) is 5.92 Å². The van der Waals surface area contributed by atoms with Crippen LogP contribution in [-0.4, -0.2) is 37.2 Å². The number of halogens is 3. The molecule has 1 amide bonds. The minimum atomic E-state index is -4.80. The average molecular weight is 252 g/mol. The molecule has 17 heavy (non-hydrogen) atoms. The van der Waals surface area contributed by atoms with E-state index in [1.165, 1.54) is 0 Å². The lowest BCUT2D eigenvalue weighted by molar-refractivity contribution is -0.176. The van der Waals surface area contributed by atoms with Crippen molar-refractivity contribution in [1.29, 1.82) is 0 Å². The number of amides is 1. The molecule has 1 fully saturated rings. The van der Waals surface area contributed by atoms with Crippen molar-refractivity contribution in [3.8, 4) is 0 Å². The Bertz CT molecular complexity index is 260. The van der Waals surface area contributed by atoms with E-state index in [9.17, 15) is 18.0 Å². The van der Waals surface area contributed by atoms with Gasteiger partial charge in [0.15, 0.2) is 0 Å². The van der Waals surface area contributed by atoms with Gasteiger partial charge in [0.2, 0.25) is 0 Å². The summed E-state index contributed by atoms with van der Waals surface area (Å²) in [6, 6.07) is 0. The van der Waals surface area contributed by atoms with Crippen molar-refractivity contribution < 1.29 is 18.0 Å². The predicted octanol–water partition coefficient (Wildman–Crippen LogP) is 2.13. The summed E-state index contributed by atoms with van der Waals surface area (Å²) in [5.74, 6) is -1.73. The number of hydrogen-bond acceptors (Lipinski definition) is 2. The zero-order valence-corrected chi connectivity index (χ0v) is 10.2. The van der Waals surface area contributed by atoms with Crippen LogP contribution in [0.5, 0.6) is 0 Å². The maximum atomic E-state index is 12.2. The van der Waals surface area contributed by atoms with Crippen molar-refractivity contribution in [2.75, 3.05) is 14.1 Å². The molecule has 0 saturated heterocycles. The third-order valence-corrected chi connectivity index (χ3v) is 3.19. The normalized spacial score (nSPS) is 20.4. The number of nitrogens with zero attached hydrogens (tertiary/aromatic N) is 1. The molecular formula is C11H19F3N2O. The second-order valence-corrected chi connectivity index (χ2v) is 4.78. The second-order valence-electron chi connectivity index (χ2n) is 4.78. The third kappa shape index (κ3) is 4.18. The van der Waals surface area contributed by atoms with E-state index in [1.54, 1.807) is 19.0 Å². The van der Waals surface area contributed by atoms with Gasteiger partial charge in [0.05, 0.1) is 6.17 Å². The second kappa shape index (κ2) is 5.71. The van der Waals surface area contributed by atoms with Crippen LogP contribution in [-0.2, 0) is 4.79 Å². The van der Waals surface area contributed by atoms with Crippen molar-refractivity contribution in [2.45, 2.75) is 44.4 Å². The van der Waals surface area contributed by atoms with Crippen molar-refractivity contribution in [3.05, 3.63) is 0 Å². The predicted molar refractivity (Wildman–Crippen MR) is 58.2 cm³/mol. The van der Waals surface area contributed by atoms with Gasteiger partial charge in [-0.1, -0.05) is 19.3 Å². The van der Waals surface area contributed by atoms with E-state index < -0.39 is 18.2 Å². The van der Waals surface area contributed by atoms with Crippen molar-refractivity contribution in [3.63, 3.8) is 0 Å². The first kappa shape index (κ1) is 14.3. The van der Waals surface area contributed by atoms with Crippen LogP contribution in [0.15, 0.2) is 0 Å². The summed E-state index contributed by atoms with van der Waals surface area (Å²) >= 11 is 0. The SMILES string of the molecule is CN(C)C(NC(=O)C(F)(F)F)C1CCCCC1. The molecule has 1 aliphatic carbocycles. The third-order valence-electron chi connectivity index (χ3n) is 3.19. The Morgan fingerprint density at radius 1 is 1.24 bits per heavy atom. The highest BCUT2D eigenvalue weighted by molar-refractivity contribution is 5.81. The van der Waals surface area contributed by atoms with Crippen molar-refractivity contribution in [1.82, 2.24) is 10.2 Å². The van der Waals surface area contributed by atoms with E-state index in [1.807, 2.05) is 0 Å². The van der Waals surface area contributed by atoms with Crippen molar-refractivity contribution >= 4 is 5.91 Å². The van der Waals surface area contributed by atoms with E-state index in [-0.39, 0.29) is 5.92 Å². The maximum absolute atomic E-state index is 12.2. The lowest BCUT2D eigenvalue weighted by Gasteiger charge is -2.35. The molecule has 0 aromatic heterocycles. The molecule has 0 bridgehead atoms. The Hall–Kier alpha value is -0.780. The Labute approximate surface area is 99.4 Å². The molecule has 0 aliphatic heterocycles. The van der Waals surface area contributed by atoms with E-state index in [0.29, 0.717) is 0 Å². The summed E-state index contributed by atoms with van der Waals surface area (Å²) in [7, 11) is 3.38. The fourth-order valence-corrected chi connectivity index (χ4v) is 2.33. The number of hydrogen-bond donors (Lipinski definition) is 1. The molecule has 0 aromatic rings. The highest BCUT2D eigenvalue weighted by atomic mass is 19.4. The summed E-state index contributed by atoms with van der Waals surface area (Å²) < 4.78 is 36.6. The summed E-state index contributed by atoms with van der Waals surface area (Å²) in [5, 5.41) is 2.09. The lowest BCUT2D eigenvalue weighted by atomic mass is 9.86. The van der Waals surface area contributed by atoms with Gasteiger partial charge in [-0.25, -0.2) is 0 Å². The number of carbonyl (C=O) groups is 1. The molecule has 0 radical (unpaired) electrons. The number of nitrogens with one attached hydrogen (secondary N) is 1. The molecule has 1 rings (SSSR count). The molecule has 1 unspecified atom stereocenters. The molecule has 0 heterocycles. The smallest absolute Gasteiger partial charge is 0.332 e. The molecule has 1 N–H and O–H groups in total. The van der Waals surface area contributed by atoms with E-state index in [2.05, 4.69) is 5.32 Å². The number of alkyl halides is 3. The van der Waals surface area contributed by atoms with Gasteiger partial charge in [0.1, 0.15) is 0 Å². The quantitative estimate of drug-likeness (QED) is 0.780. The van der Waals surface area contributed by atoms with Gasteiger partial charge in [-0.3, -0.25) is 9.69 Å². The summed E-state index contributed by atoms with van der Waals surface area (Å²) in [6.07, 6.45) is -0.396. The van der Waals surface area contributed by atoms with Crippen LogP contribution in [0.4, 0.5) is 13.2 Å². The number of rotatable bonds is 3. The van der Waals surface area contributed by atoms with Gasteiger partial charge < -0.3 is 5.32 Å². The number of carbonyl (C=O) groups excluding carboxylic acids is 1. The van der Waals surface area contributed by atoms with E-state index in [4.69, 9.17) is 0 Å². The first-order valence-electron chi connectivity index (χ1n) is 5.86. The van der Waals surface area contributed by atoms with E-state index >= 15 is 0 Å². The van der Waals surface area contributed by atoms with Gasteiger partial charge >= 0.3 is 12.1 Å². The Morgan fingerprint density at radius 2 is 1.76 bits per heavy atom. The zero-order chi connectivity index (χ0) is 13.1. The Balaban J connectivity index is 2.63. The molecule has 1 saturated carbocycles. The largest absolute Gasteiger partial charge is 0.471 e. The molecule has 100 valence electrons. The molecule has 1 aliphatic rings. The van der Waals surface area contributed by atoms with Crippen LogP contribution in [0.25, 0.3) is 0 Å².